The van der Waals surface area contributed by atoms with Gasteiger partial charge in [-0.15, -0.1) is 0 Å². The number of carbonyl (C=O) groups is 1. The molecule has 0 aliphatic carbocycles. The number of anilines is 1. The molecule has 0 bridgehead atoms. The summed E-state index contributed by atoms with van der Waals surface area (Å²) in [5.41, 5.74) is 1.43. The average Bonchev–Trinajstić information content (AvgIpc) is 3.09. The number of rotatable bonds is 6. The van der Waals surface area contributed by atoms with Crippen molar-refractivity contribution in [1.82, 2.24) is 14.9 Å². The van der Waals surface area contributed by atoms with E-state index in [1.165, 1.54) is 6.33 Å². The molecule has 0 atom stereocenters. The van der Waals surface area contributed by atoms with Crippen molar-refractivity contribution in [3.63, 3.8) is 0 Å². The third kappa shape index (κ3) is 3.40. The lowest BCUT2D eigenvalue weighted by Gasteiger charge is -2.18. The smallest absolute Gasteiger partial charge is 0.272 e. The molecule has 1 aromatic heterocycles. The van der Waals surface area contributed by atoms with Gasteiger partial charge in [0, 0.05) is 25.7 Å². The summed E-state index contributed by atoms with van der Waals surface area (Å²) in [5, 5.41) is 3.20. The summed E-state index contributed by atoms with van der Waals surface area (Å²) in [6.45, 7) is 6.02. The third-order valence-corrected chi connectivity index (χ3v) is 3.85. The minimum Gasteiger partial charge on any atom is -0.454 e. The van der Waals surface area contributed by atoms with Crippen molar-refractivity contribution in [2.24, 2.45) is 0 Å². The van der Waals surface area contributed by atoms with Crippen LogP contribution in [-0.4, -0.2) is 40.7 Å². The Morgan fingerprint density at radius 3 is 2.75 bits per heavy atom. The maximum absolute atomic E-state index is 12.3. The third-order valence-electron chi connectivity index (χ3n) is 3.85. The average molecular weight is 328 g/mol. The van der Waals surface area contributed by atoms with Crippen LogP contribution in [0.5, 0.6) is 11.5 Å². The number of ether oxygens (including phenoxy) is 2. The molecule has 1 amide bonds. The van der Waals surface area contributed by atoms with E-state index in [1.54, 1.807) is 11.0 Å². The maximum atomic E-state index is 12.3. The van der Waals surface area contributed by atoms with Gasteiger partial charge in [0.15, 0.2) is 11.5 Å². The zero-order valence-electron chi connectivity index (χ0n) is 13.8. The fraction of sp³-hybridized carbons (Fsp3) is 0.353. The first-order valence-electron chi connectivity index (χ1n) is 7.95. The van der Waals surface area contributed by atoms with Gasteiger partial charge in [0.25, 0.3) is 5.91 Å². The molecule has 3 rings (SSSR count). The number of carbonyl (C=O) groups excluding carboxylic acids is 1. The molecule has 126 valence electrons. The molecule has 0 saturated carbocycles. The first kappa shape index (κ1) is 16.0. The van der Waals surface area contributed by atoms with E-state index in [1.807, 2.05) is 32.0 Å². The zero-order chi connectivity index (χ0) is 16.9. The molecule has 1 aliphatic rings. The van der Waals surface area contributed by atoms with Crippen molar-refractivity contribution in [2.45, 2.75) is 20.4 Å². The molecule has 7 heteroatoms. The number of amides is 1. The number of nitrogens with one attached hydrogen (secondary N) is 1. The van der Waals surface area contributed by atoms with E-state index in [0.717, 1.165) is 17.1 Å². The molecule has 7 nitrogen and oxygen atoms in total. The van der Waals surface area contributed by atoms with Gasteiger partial charge in [-0.3, -0.25) is 4.79 Å². The number of benzene rings is 1. The molecule has 1 aliphatic heterocycles. The van der Waals surface area contributed by atoms with Crippen LogP contribution in [-0.2, 0) is 6.54 Å². The van der Waals surface area contributed by atoms with E-state index in [9.17, 15) is 4.79 Å². The van der Waals surface area contributed by atoms with Crippen LogP contribution in [0.15, 0.2) is 30.6 Å². The Bertz CT molecular complexity index is 732. The van der Waals surface area contributed by atoms with Crippen LogP contribution >= 0.6 is 0 Å². The van der Waals surface area contributed by atoms with Gasteiger partial charge in [-0.1, -0.05) is 6.07 Å². The highest BCUT2D eigenvalue weighted by molar-refractivity contribution is 5.92. The molecule has 1 N–H and O–H groups in total. The normalized spacial score (nSPS) is 12.1. The van der Waals surface area contributed by atoms with E-state index < -0.39 is 0 Å². The Morgan fingerprint density at radius 2 is 1.96 bits per heavy atom. The van der Waals surface area contributed by atoms with Crippen molar-refractivity contribution in [2.75, 3.05) is 25.2 Å². The predicted molar refractivity (Wildman–Crippen MR) is 89.2 cm³/mol. The lowest BCUT2D eigenvalue weighted by Crippen LogP contribution is -2.31. The molecular weight excluding hydrogens is 308 g/mol. The van der Waals surface area contributed by atoms with E-state index >= 15 is 0 Å². The number of fused-ring (bicyclic) bond motifs is 1. The molecule has 24 heavy (non-hydrogen) atoms. The van der Waals surface area contributed by atoms with Crippen molar-refractivity contribution in [1.29, 1.82) is 0 Å². The summed E-state index contributed by atoms with van der Waals surface area (Å²) < 4.78 is 10.7. The largest absolute Gasteiger partial charge is 0.454 e. The lowest BCUT2D eigenvalue weighted by atomic mass is 10.2. The first-order chi connectivity index (χ1) is 11.7. The maximum Gasteiger partial charge on any atom is 0.272 e. The second-order valence-corrected chi connectivity index (χ2v) is 5.31. The van der Waals surface area contributed by atoms with Gasteiger partial charge < -0.3 is 19.7 Å². The molecule has 0 radical (unpaired) electrons. The van der Waals surface area contributed by atoms with E-state index in [4.69, 9.17) is 9.47 Å². The Labute approximate surface area is 140 Å². The Hall–Kier alpha value is -2.83. The second kappa shape index (κ2) is 7.16. The highest BCUT2D eigenvalue weighted by Crippen LogP contribution is 2.32. The van der Waals surface area contributed by atoms with Crippen LogP contribution in [0, 0.1) is 0 Å². The van der Waals surface area contributed by atoms with Crippen LogP contribution in [0.4, 0.5) is 5.82 Å². The Balaban J connectivity index is 1.67. The monoisotopic (exact) mass is 328 g/mol. The van der Waals surface area contributed by atoms with Gasteiger partial charge in [-0.25, -0.2) is 9.97 Å². The van der Waals surface area contributed by atoms with Crippen LogP contribution < -0.4 is 14.8 Å². The number of aromatic nitrogens is 2. The summed E-state index contributed by atoms with van der Waals surface area (Å²) in [6, 6.07) is 7.45. The van der Waals surface area contributed by atoms with E-state index in [2.05, 4.69) is 15.3 Å². The van der Waals surface area contributed by atoms with Gasteiger partial charge in [-0.2, -0.15) is 0 Å². The van der Waals surface area contributed by atoms with Crippen molar-refractivity contribution >= 4 is 11.7 Å². The predicted octanol–water partition coefficient (Wildman–Crippen LogP) is 2.30. The van der Waals surface area contributed by atoms with Crippen molar-refractivity contribution in [3.8, 4) is 11.5 Å². The number of nitrogens with zero attached hydrogens (tertiary/aromatic N) is 3. The molecule has 0 saturated heterocycles. The molecule has 0 fully saturated rings. The fourth-order valence-corrected chi connectivity index (χ4v) is 2.49. The zero-order valence-corrected chi connectivity index (χ0v) is 13.8. The summed E-state index contributed by atoms with van der Waals surface area (Å²) in [7, 11) is 0. The summed E-state index contributed by atoms with van der Waals surface area (Å²) >= 11 is 0. The van der Waals surface area contributed by atoms with E-state index in [-0.39, 0.29) is 12.7 Å². The minimum atomic E-state index is -0.0893. The van der Waals surface area contributed by atoms with Gasteiger partial charge in [0.2, 0.25) is 6.79 Å². The van der Waals surface area contributed by atoms with Crippen LogP contribution in [0.3, 0.4) is 0 Å². The van der Waals surface area contributed by atoms with E-state index in [0.29, 0.717) is 31.1 Å². The molecule has 0 spiro atoms. The minimum absolute atomic E-state index is 0.0893. The standard InChI is InChI=1S/C17H20N4O3/c1-3-21(4-2)17(22)13-8-16(20-10-19-13)18-9-12-5-6-14-15(7-12)24-11-23-14/h5-8,10H,3-4,9,11H2,1-2H3,(H,18,19,20). The first-order valence-corrected chi connectivity index (χ1v) is 7.95. The topological polar surface area (TPSA) is 76.6 Å². The molecule has 0 unspecified atom stereocenters. The summed E-state index contributed by atoms with van der Waals surface area (Å²) in [5.74, 6) is 2.02. The van der Waals surface area contributed by atoms with Gasteiger partial charge >= 0.3 is 0 Å². The molecule has 2 heterocycles. The van der Waals surface area contributed by atoms with Crippen molar-refractivity contribution < 1.29 is 14.3 Å². The molecular formula is C17H20N4O3. The molecule has 1 aromatic carbocycles. The van der Waals surface area contributed by atoms with Crippen LogP contribution in [0.25, 0.3) is 0 Å². The second-order valence-electron chi connectivity index (χ2n) is 5.31. The summed E-state index contributed by atoms with van der Waals surface area (Å²) in [6.07, 6.45) is 1.40. The van der Waals surface area contributed by atoms with Crippen LogP contribution in [0.1, 0.15) is 29.9 Å². The number of hydrogen-bond acceptors (Lipinski definition) is 6. The van der Waals surface area contributed by atoms with Gasteiger partial charge in [-0.05, 0) is 31.5 Å². The Kier molecular flexibility index (Phi) is 4.79. The fourth-order valence-electron chi connectivity index (χ4n) is 2.49. The lowest BCUT2D eigenvalue weighted by molar-refractivity contribution is 0.0767. The molecule has 2 aromatic rings. The van der Waals surface area contributed by atoms with Crippen molar-refractivity contribution in [3.05, 3.63) is 41.9 Å². The van der Waals surface area contributed by atoms with Crippen LogP contribution in [0.2, 0.25) is 0 Å². The SMILES string of the molecule is CCN(CC)C(=O)c1cc(NCc2ccc3c(c2)OCO3)ncn1. The number of hydrogen-bond donors (Lipinski definition) is 1. The highest BCUT2D eigenvalue weighted by Gasteiger charge is 2.15. The Morgan fingerprint density at radius 1 is 1.17 bits per heavy atom. The van der Waals surface area contributed by atoms with Gasteiger partial charge in [0.05, 0.1) is 0 Å². The summed E-state index contributed by atoms with van der Waals surface area (Å²) in [4.78, 5) is 22.3. The van der Waals surface area contributed by atoms with Gasteiger partial charge in [0.1, 0.15) is 17.8 Å². The highest BCUT2D eigenvalue weighted by atomic mass is 16.7. The quantitative estimate of drug-likeness (QED) is 0.877.